The van der Waals surface area contributed by atoms with Crippen molar-refractivity contribution < 1.29 is 4.92 Å². The number of nitro groups is 1. The van der Waals surface area contributed by atoms with Crippen molar-refractivity contribution in [3.8, 4) is 5.00 Å². The lowest BCUT2D eigenvalue weighted by Crippen LogP contribution is -2.06. The smallest absolute Gasteiger partial charge is 0.270 e. The molecule has 0 atom stereocenters. The normalized spacial score (nSPS) is 13.0. The van der Waals surface area contributed by atoms with Gasteiger partial charge in [0.05, 0.1) is 18.5 Å². The summed E-state index contributed by atoms with van der Waals surface area (Å²) in [6, 6.07) is 6.39. The lowest BCUT2D eigenvalue weighted by atomic mass is 10.0. The number of hydrogen-bond acceptors (Lipinski definition) is 6. The first-order valence-electron chi connectivity index (χ1n) is 7.15. The SMILES string of the molecule is Cc1nnc2n1-c1sc(I)cc1C(c1cc([N+](=O)[O-])ccc1Cl)=NC2. The standard InChI is InChI=1S/C15H9ClIN5O2S/c1-7-19-20-13-6-18-14(10-5-12(17)25-15(10)21(7)13)9-4-8(22(23)24)2-3-11(9)16/h2-5H,6H2,1H3. The van der Waals surface area contributed by atoms with E-state index in [2.05, 4.69) is 37.8 Å². The zero-order valence-corrected chi connectivity index (χ0v) is 16.5. The van der Waals surface area contributed by atoms with Crippen LogP contribution in [0.1, 0.15) is 22.8 Å². The molecule has 3 heterocycles. The van der Waals surface area contributed by atoms with Crippen LogP contribution in [0.5, 0.6) is 0 Å². The summed E-state index contributed by atoms with van der Waals surface area (Å²) in [5, 5.41) is 20.8. The van der Waals surface area contributed by atoms with Crippen LogP contribution in [0.25, 0.3) is 5.00 Å². The van der Waals surface area contributed by atoms with E-state index < -0.39 is 4.92 Å². The van der Waals surface area contributed by atoms with E-state index in [-0.39, 0.29) is 5.69 Å². The number of aromatic nitrogens is 3. The third-order valence-electron chi connectivity index (χ3n) is 3.83. The highest BCUT2D eigenvalue weighted by Gasteiger charge is 2.26. The molecule has 0 N–H and O–H groups in total. The number of nitrogens with zero attached hydrogens (tertiary/aromatic N) is 5. The summed E-state index contributed by atoms with van der Waals surface area (Å²) in [7, 11) is 0. The maximum absolute atomic E-state index is 11.1. The lowest BCUT2D eigenvalue weighted by molar-refractivity contribution is -0.384. The highest BCUT2D eigenvalue weighted by atomic mass is 127. The monoisotopic (exact) mass is 485 g/mol. The van der Waals surface area contributed by atoms with Gasteiger partial charge in [-0.1, -0.05) is 11.6 Å². The van der Waals surface area contributed by atoms with Crippen LogP contribution >= 0.6 is 45.5 Å². The number of halogens is 2. The molecular weight excluding hydrogens is 477 g/mol. The minimum atomic E-state index is -0.436. The first-order chi connectivity index (χ1) is 12.0. The molecule has 0 unspecified atom stereocenters. The summed E-state index contributed by atoms with van der Waals surface area (Å²) in [5.74, 6) is 1.50. The number of non-ortho nitro benzene ring substituents is 1. The fraction of sp³-hybridized carbons (Fsp3) is 0.133. The minimum absolute atomic E-state index is 0.0200. The largest absolute Gasteiger partial charge is 0.276 e. The summed E-state index contributed by atoms with van der Waals surface area (Å²) in [6.45, 7) is 2.21. The molecule has 126 valence electrons. The fourth-order valence-electron chi connectivity index (χ4n) is 2.73. The Labute approximate surface area is 164 Å². The maximum Gasteiger partial charge on any atom is 0.270 e. The molecule has 4 rings (SSSR count). The van der Waals surface area contributed by atoms with Crippen molar-refractivity contribution >= 4 is 56.9 Å². The molecule has 0 saturated heterocycles. The summed E-state index contributed by atoms with van der Waals surface area (Å²) in [6.07, 6.45) is 0. The Morgan fingerprint density at radius 3 is 2.88 bits per heavy atom. The van der Waals surface area contributed by atoms with Crippen molar-refractivity contribution in [2.24, 2.45) is 4.99 Å². The molecule has 1 aliphatic heterocycles. The highest BCUT2D eigenvalue weighted by molar-refractivity contribution is 14.1. The van der Waals surface area contributed by atoms with E-state index in [1.165, 1.54) is 18.2 Å². The van der Waals surface area contributed by atoms with Crippen LogP contribution in [0.15, 0.2) is 29.3 Å². The Hall–Kier alpha value is -1.85. The Bertz CT molecular complexity index is 1060. The van der Waals surface area contributed by atoms with Crippen molar-refractivity contribution in [3.05, 3.63) is 65.1 Å². The van der Waals surface area contributed by atoms with E-state index >= 15 is 0 Å². The molecule has 1 aromatic carbocycles. The van der Waals surface area contributed by atoms with Gasteiger partial charge in [0.15, 0.2) is 5.82 Å². The topological polar surface area (TPSA) is 86.2 Å². The highest BCUT2D eigenvalue weighted by Crippen LogP contribution is 2.35. The Morgan fingerprint density at radius 1 is 1.32 bits per heavy atom. The minimum Gasteiger partial charge on any atom is -0.276 e. The van der Waals surface area contributed by atoms with Crippen molar-refractivity contribution in [1.82, 2.24) is 14.8 Å². The Morgan fingerprint density at radius 2 is 2.12 bits per heavy atom. The average Bonchev–Trinajstić information content (AvgIpc) is 3.07. The van der Waals surface area contributed by atoms with Gasteiger partial charge in [-0.2, -0.15) is 0 Å². The van der Waals surface area contributed by atoms with Crippen molar-refractivity contribution in [1.29, 1.82) is 0 Å². The number of hydrogen-bond donors (Lipinski definition) is 0. The maximum atomic E-state index is 11.1. The average molecular weight is 486 g/mol. The van der Waals surface area contributed by atoms with E-state index in [1.54, 1.807) is 11.3 Å². The number of aryl methyl sites for hydroxylation is 1. The molecular formula is C15H9ClIN5O2S. The quantitative estimate of drug-likeness (QED) is 0.310. The van der Waals surface area contributed by atoms with Crippen LogP contribution in [0.4, 0.5) is 5.69 Å². The third kappa shape index (κ3) is 2.75. The van der Waals surface area contributed by atoms with Gasteiger partial charge in [-0.05, 0) is 41.6 Å². The van der Waals surface area contributed by atoms with E-state index in [0.29, 0.717) is 22.8 Å². The molecule has 0 spiro atoms. The molecule has 25 heavy (non-hydrogen) atoms. The molecule has 1 aliphatic rings. The van der Waals surface area contributed by atoms with E-state index in [4.69, 9.17) is 11.6 Å². The molecule has 0 saturated carbocycles. The first kappa shape index (κ1) is 16.6. The van der Waals surface area contributed by atoms with Crippen LogP contribution < -0.4 is 0 Å². The molecule has 7 nitrogen and oxygen atoms in total. The van der Waals surface area contributed by atoms with Gasteiger partial charge in [-0.15, -0.1) is 21.5 Å². The van der Waals surface area contributed by atoms with Gasteiger partial charge in [-0.25, -0.2) is 0 Å². The lowest BCUT2D eigenvalue weighted by Gasteiger charge is -2.08. The fourth-order valence-corrected chi connectivity index (χ4v) is 4.83. The van der Waals surface area contributed by atoms with Crippen molar-refractivity contribution in [3.63, 3.8) is 0 Å². The number of nitro benzene ring substituents is 1. The molecule has 3 aromatic rings. The molecule has 0 radical (unpaired) electrons. The predicted molar refractivity (Wildman–Crippen MR) is 104 cm³/mol. The van der Waals surface area contributed by atoms with E-state index in [1.807, 2.05) is 17.6 Å². The molecule has 0 amide bonds. The van der Waals surface area contributed by atoms with E-state index in [9.17, 15) is 10.1 Å². The zero-order valence-electron chi connectivity index (χ0n) is 12.7. The van der Waals surface area contributed by atoms with Crippen LogP contribution in [0.2, 0.25) is 5.02 Å². The van der Waals surface area contributed by atoms with Gasteiger partial charge in [0.25, 0.3) is 5.69 Å². The van der Waals surface area contributed by atoms with Crippen LogP contribution in [-0.4, -0.2) is 25.4 Å². The molecule has 0 bridgehead atoms. The van der Waals surface area contributed by atoms with Gasteiger partial charge in [0, 0.05) is 23.3 Å². The Balaban J connectivity index is 1.97. The zero-order chi connectivity index (χ0) is 17.7. The summed E-state index contributed by atoms with van der Waals surface area (Å²) >= 11 is 10.2. The van der Waals surface area contributed by atoms with Crippen molar-refractivity contribution in [2.75, 3.05) is 0 Å². The second kappa shape index (κ2) is 6.15. The third-order valence-corrected chi connectivity index (χ3v) is 6.04. The number of benzene rings is 1. The number of rotatable bonds is 2. The van der Waals surface area contributed by atoms with Gasteiger partial charge >= 0.3 is 0 Å². The second-order valence-corrected chi connectivity index (χ2v) is 8.69. The Kier molecular flexibility index (Phi) is 4.08. The molecule has 0 aliphatic carbocycles. The van der Waals surface area contributed by atoms with Crippen molar-refractivity contribution in [2.45, 2.75) is 13.5 Å². The van der Waals surface area contributed by atoms with Gasteiger partial charge in [0.1, 0.15) is 17.4 Å². The summed E-state index contributed by atoms with van der Waals surface area (Å²) in [5.41, 5.74) is 2.03. The van der Waals surface area contributed by atoms with E-state index in [0.717, 1.165) is 25.1 Å². The predicted octanol–water partition coefficient (Wildman–Crippen LogP) is 4.15. The van der Waals surface area contributed by atoms with Crippen LogP contribution in [0.3, 0.4) is 0 Å². The second-order valence-electron chi connectivity index (χ2n) is 5.35. The number of thiophene rings is 1. The van der Waals surface area contributed by atoms with Gasteiger partial charge < -0.3 is 0 Å². The van der Waals surface area contributed by atoms with Gasteiger partial charge in [0.2, 0.25) is 0 Å². The molecule has 0 fully saturated rings. The van der Waals surface area contributed by atoms with Gasteiger partial charge in [-0.3, -0.25) is 19.7 Å². The number of fused-ring (bicyclic) bond motifs is 3. The van der Waals surface area contributed by atoms with Crippen LogP contribution in [0, 0.1) is 19.9 Å². The molecule has 2 aromatic heterocycles. The molecule has 10 heteroatoms. The first-order valence-corrected chi connectivity index (χ1v) is 9.42. The summed E-state index contributed by atoms with van der Waals surface area (Å²) in [4.78, 5) is 15.4. The summed E-state index contributed by atoms with van der Waals surface area (Å²) < 4.78 is 3.04. The van der Waals surface area contributed by atoms with Crippen LogP contribution in [-0.2, 0) is 6.54 Å². The number of aliphatic imine (C=N–C) groups is 1.